The van der Waals surface area contributed by atoms with Crippen molar-refractivity contribution in [1.29, 1.82) is 0 Å². The highest BCUT2D eigenvalue weighted by Crippen LogP contribution is 2.12. The van der Waals surface area contributed by atoms with Gasteiger partial charge in [-0.15, -0.1) is 0 Å². The Bertz CT molecular complexity index is 269. The summed E-state index contributed by atoms with van der Waals surface area (Å²) in [6, 6.07) is 0. The Morgan fingerprint density at radius 3 is 1.83 bits per heavy atom. The molecule has 2 N–H and O–H groups in total. The molecule has 23 heavy (non-hydrogen) atoms. The maximum Gasteiger partial charge on any atom is 0.222 e. The first-order valence-corrected chi connectivity index (χ1v) is 9.68. The normalized spacial score (nSPS) is 12.3. The maximum atomic E-state index is 12.0. The van der Waals surface area contributed by atoms with Crippen molar-refractivity contribution >= 4 is 5.91 Å². The van der Waals surface area contributed by atoms with E-state index in [0.29, 0.717) is 19.5 Å². The van der Waals surface area contributed by atoms with Crippen molar-refractivity contribution in [2.75, 3.05) is 19.7 Å². The van der Waals surface area contributed by atoms with Gasteiger partial charge in [0.1, 0.15) is 0 Å². The average Bonchev–Trinajstić information content (AvgIpc) is 2.51. The molecule has 1 atom stereocenters. The maximum absolute atomic E-state index is 12.0. The minimum Gasteiger partial charge on any atom is -0.395 e. The van der Waals surface area contributed by atoms with Gasteiger partial charge in [0.15, 0.2) is 0 Å². The molecule has 0 aliphatic rings. The van der Waals surface area contributed by atoms with E-state index < -0.39 is 6.10 Å². The number of hydrogen-bond donors (Lipinski definition) is 2. The molecule has 0 aliphatic carbocycles. The molecule has 0 bridgehead atoms. The molecular weight excluding hydrogens is 290 g/mol. The van der Waals surface area contributed by atoms with Crippen molar-refractivity contribution in [3.8, 4) is 0 Å². The highest BCUT2D eigenvalue weighted by atomic mass is 16.3. The summed E-state index contributed by atoms with van der Waals surface area (Å²) in [7, 11) is 0. The average molecular weight is 330 g/mol. The van der Waals surface area contributed by atoms with Gasteiger partial charge in [-0.05, 0) is 13.3 Å². The summed E-state index contributed by atoms with van der Waals surface area (Å²) >= 11 is 0. The first-order valence-electron chi connectivity index (χ1n) is 9.68. The molecule has 1 amide bonds. The molecule has 0 rings (SSSR count). The summed E-state index contributed by atoms with van der Waals surface area (Å²) in [5.41, 5.74) is 0. The summed E-state index contributed by atoms with van der Waals surface area (Å²) in [5, 5.41) is 18.4. The Kier molecular flexibility index (Phi) is 15.8. The molecule has 138 valence electrons. The molecule has 0 aromatic heterocycles. The van der Waals surface area contributed by atoms with Crippen LogP contribution in [0.5, 0.6) is 0 Å². The molecular formula is C19H39NO3. The van der Waals surface area contributed by atoms with Gasteiger partial charge in [-0.3, -0.25) is 4.79 Å². The van der Waals surface area contributed by atoms with Gasteiger partial charge < -0.3 is 15.1 Å². The SMILES string of the molecule is CCCCCCCCCCCCCC(=O)N(CCO)CC(C)O. The molecule has 0 aromatic carbocycles. The molecule has 4 heteroatoms. The molecule has 1 unspecified atom stereocenters. The van der Waals surface area contributed by atoms with Crippen LogP contribution in [0, 0.1) is 0 Å². The Balaban J connectivity index is 3.49. The summed E-state index contributed by atoms with van der Waals surface area (Å²) < 4.78 is 0. The number of aliphatic hydroxyl groups excluding tert-OH is 2. The van der Waals surface area contributed by atoms with Gasteiger partial charge >= 0.3 is 0 Å². The Hall–Kier alpha value is -0.610. The van der Waals surface area contributed by atoms with Crippen LogP contribution in [0.1, 0.15) is 90.9 Å². The van der Waals surface area contributed by atoms with E-state index in [1.165, 1.54) is 57.8 Å². The van der Waals surface area contributed by atoms with Gasteiger partial charge in [-0.25, -0.2) is 0 Å². The Morgan fingerprint density at radius 1 is 0.913 bits per heavy atom. The van der Waals surface area contributed by atoms with E-state index in [1.54, 1.807) is 11.8 Å². The van der Waals surface area contributed by atoms with Gasteiger partial charge in [0.05, 0.1) is 12.7 Å². The molecule has 0 spiro atoms. The van der Waals surface area contributed by atoms with Gasteiger partial charge in [0, 0.05) is 19.5 Å². The zero-order valence-corrected chi connectivity index (χ0v) is 15.4. The zero-order valence-electron chi connectivity index (χ0n) is 15.4. The number of hydrogen-bond acceptors (Lipinski definition) is 3. The standard InChI is InChI=1S/C19H39NO3/c1-3-4-5-6-7-8-9-10-11-12-13-14-19(23)20(15-16-21)17-18(2)22/h18,21-22H,3-17H2,1-2H3. The zero-order chi connectivity index (χ0) is 17.3. The second kappa shape index (κ2) is 16.3. The molecule has 0 heterocycles. The van der Waals surface area contributed by atoms with E-state index in [4.69, 9.17) is 5.11 Å². The molecule has 0 saturated carbocycles. The van der Waals surface area contributed by atoms with Crippen LogP contribution in [-0.2, 0) is 4.79 Å². The molecule has 0 aliphatic heterocycles. The van der Waals surface area contributed by atoms with Gasteiger partial charge in [-0.1, -0.05) is 71.1 Å². The lowest BCUT2D eigenvalue weighted by molar-refractivity contribution is -0.133. The number of amides is 1. The van der Waals surface area contributed by atoms with E-state index in [1.807, 2.05) is 0 Å². The van der Waals surface area contributed by atoms with E-state index in [9.17, 15) is 9.90 Å². The number of aliphatic hydroxyl groups is 2. The van der Waals surface area contributed by atoms with Crippen molar-refractivity contribution in [3.05, 3.63) is 0 Å². The Morgan fingerprint density at radius 2 is 1.39 bits per heavy atom. The van der Waals surface area contributed by atoms with E-state index in [-0.39, 0.29) is 12.5 Å². The van der Waals surface area contributed by atoms with Crippen LogP contribution in [0.4, 0.5) is 0 Å². The van der Waals surface area contributed by atoms with Gasteiger partial charge in [0.25, 0.3) is 0 Å². The van der Waals surface area contributed by atoms with Gasteiger partial charge in [0.2, 0.25) is 5.91 Å². The lowest BCUT2D eigenvalue weighted by Gasteiger charge is -2.23. The molecule has 4 nitrogen and oxygen atoms in total. The third-order valence-electron chi connectivity index (χ3n) is 4.20. The summed E-state index contributed by atoms with van der Waals surface area (Å²) in [6.07, 6.45) is 14.0. The highest BCUT2D eigenvalue weighted by molar-refractivity contribution is 5.76. The van der Waals surface area contributed by atoms with Crippen LogP contribution in [-0.4, -0.2) is 46.8 Å². The van der Waals surface area contributed by atoms with Crippen molar-refractivity contribution in [2.24, 2.45) is 0 Å². The summed E-state index contributed by atoms with van der Waals surface area (Å²) in [5.74, 6) is 0.0517. The van der Waals surface area contributed by atoms with Crippen LogP contribution in [0.15, 0.2) is 0 Å². The van der Waals surface area contributed by atoms with Crippen LogP contribution < -0.4 is 0 Å². The predicted molar refractivity (Wildman–Crippen MR) is 96.4 cm³/mol. The second-order valence-corrected chi connectivity index (χ2v) is 6.70. The van der Waals surface area contributed by atoms with Crippen LogP contribution >= 0.6 is 0 Å². The predicted octanol–water partition coefficient (Wildman–Crippen LogP) is 3.89. The second-order valence-electron chi connectivity index (χ2n) is 6.70. The summed E-state index contributed by atoms with van der Waals surface area (Å²) in [6.45, 7) is 4.51. The number of carbonyl (C=O) groups is 1. The fraction of sp³-hybridized carbons (Fsp3) is 0.947. The van der Waals surface area contributed by atoms with Crippen molar-refractivity contribution in [3.63, 3.8) is 0 Å². The van der Waals surface area contributed by atoms with Crippen LogP contribution in [0.25, 0.3) is 0 Å². The number of rotatable bonds is 16. The van der Waals surface area contributed by atoms with Crippen molar-refractivity contribution in [1.82, 2.24) is 4.90 Å². The molecule has 0 saturated heterocycles. The van der Waals surface area contributed by atoms with Crippen LogP contribution in [0.2, 0.25) is 0 Å². The van der Waals surface area contributed by atoms with E-state index in [2.05, 4.69) is 6.92 Å². The first-order chi connectivity index (χ1) is 11.1. The number of carbonyl (C=O) groups excluding carboxylic acids is 1. The third kappa shape index (κ3) is 14.7. The minimum absolute atomic E-state index is 0.0449. The monoisotopic (exact) mass is 329 g/mol. The first kappa shape index (κ1) is 22.4. The molecule has 0 fully saturated rings. The lowest BCUT2D eigenvalue weighted by atomic mass is 10.1. The van der Waals surface area contributed by atoms with E-state index in [0.717, 1.165) is 12.8 Å². The number of unbranched alkanes of at least 4 members (excludes halogenated alkanes) is 10. The molecule has 0 aromatic rings. The van der Waals surface area contributed by atoms with Crippen molar-refractivity contribution in [2.45, 2.75) is 97.0 Å². The highest BCUT2D eigenvalue weighted by Gasteiger charge is 2.14. The minimum atomic E-state index is -0.539. The summed E-state index contributed by atoms with van der Waals surface area (Å²) in [4.78, 5) is 13.6. The fourth-order valence-electron chi connectivity index (χ4n) is 2.86. The van der Waals surface area contributed by atoms with Crippen molar-refractivity contribution < 1.29 is 15.0 Å². The Labute approximate surface area is 143 Å². The smallest absolute Gasteiger partial charge is 0.222 e. The topological polar surface area (TPSA) is 60.8 Å². The van der Waals surface area contributed by atoms with Crippen LogP contribution in [0.3, 0.4) is 0 Å². The van der Waals surface area contributed by atoms with E-state index >= 15 is 0 Å². The largest absolute Gasteiger partial charge is 0.395 e. The lowest BCUT2D eigenvalue weighted by Crippen LogP contribution is -2.38. The fourth-order valence-corrected chi connectivity index (χ4v) is 2.86. The quantitative estimate of drug-likeness (QED) is 0.422. The van der Waals surface area contributed by atoms with Gasteiger partial charge in [-0.2, -0.15) is 0 Å². The molecule has 0 radical (unpaired) electrons. The third-order valence-corrected chi connectivity index (χ3v) is 4.20. The number of nitrogens with zero attached hydrogens (tertiary/aromatic N) is 1.